The minimum absolute atomic E-state index is 0.121. The summed E-state index contributed by atoms with van der Waals surface area (Å²) in [5.74, 6) is -0.154. The van der Waals surface area contributed by atoms with Gasteiger partial charge in [-0.2, -0.15) is 13.2 Å². The van der Waals surface area contributed by atoms with E-state index in [1.807, 2.05) is 0 Å². The highest BCUT2D eigenvalue weighted by atomic mass is 79.9. The van der Waals surface area contributed by atoms with Crippen molar-refractivity contribution in [1.82, 2.24) is 14.4 Å². The summed E-state index contributed by atoms with van der Waals surface area (Å²) in [4.78, 5) is 8.51. The second kappa shape index (κ2) is 7.17. The first-order chi connectivity index (χ1) is 13.3. The van der Waals surface area contributed by atoms with E-state index in [2.05, 4.69) is 31.2 Å². The van der Waals surface area contributed by atoms with Crippen molar-refractivity contribution >= 4 is 43.9 Å². The summed E-state index contributed by atoms with van der Waals surface area (Å²) in [6.45, 7) is 0. The zero-order chi connectivity index (χ0) is 19.9. The Labute approximate surface area is 169 Å². The molecule has 3 aromatic heterocycles. The van der Waals surface area contributed by atoms with Crippen molar-refractivity contribution in [2.24, 2.45) is 0 Å². The van der Waals surface area contributed by atoms with Gasteiger partial charge in [0.25, 0.3) is 0 Å². The standard InChI is InChI=1S/C18H11BrF4N4S/c19-11-3-6-15-24-13(7-18(21,22)23)16(27(15)8-11)26-17-25-14(9-28-17)10-1-4-12(20)5-2-10/h1-6,8-9H,7H2,(H,25,26). The number of pyridine rings is 1. The molecule has 0 saturated carbocycles. The molecule has 0 spiro atoms. The molecule has 0 saturated heterocycles. The van der Waals surface area contributed by atoms with Crippen LogP contribution in [0.5, 0.6) is 0 Å². The Hall–Kier alpha value is -2.46. The molecule has 4 aromatic rings. The summed E-state index contributed by atoms with van der Waals surface area (Å²) in [5.41, 5.74) is 1.58. The van der Waals surface area contributed by atoms with E-state index in [1.54, 1.807) is 40.2 Å². The van der Waals surface area contributed by atoms with Crippen LogP contribution in [0.15, 0.2) is 52.4 Å². The molecule has 4 nitrogen and oxygen atoms in total. The van der Waals surface area contributed by atoms with Gasteiger partial charge in [-0.1, -0.05) is 0 Å². The van der Waals surface area contributed by atoms with E-state index >= 15 is 0 Å². The summed E-state index contributed by atoms with van der Waals surface area (Å²) < 4.78 is 54.3. The molecule has 1 N–H and O–H groups in total. The number of rotatable bonds is 4. The van der Waals surface area contributed by atoms with Crippen LogP contribution in [0.1, 0.15) is 5.69 Å². The van der Waals surface area contributed by atoms with Crippen molar-refractivity contribution in [2.75, 3.05) is 5.32 Å². The third kappa shape index (κ3) is 4.02. The Balaban J connectivity index is 1.71. The highest BCUT2D eigenvalue weighted by Gasteiger charge is 2.31. The predicted octanol–water partition coefficient (Wildman–Crippen LogP) is 6.21. The zero-order valence-electron chi connectivity index (χ0n) is 14.0. The number of hydrogen-bond donors (Lipinski definition) is 1. The van der Waals surface area contributed by atoms with Crippen molar-refractivity contribution in [3.8, 4) is 11.3 Å². The molecule has 0 aliphatic carbocycles. The number of halogens is 5. The van der Waals surface area contributed by atoms with Gasteiger partial charge >= 0.3 is 6.18 Å². The maximum absolute atomic E-state index is 13.1. The fourth-order valence-electron chi connectivity index (χ4n) is 2.70. The van der Waals surface area contributed by atoms with Gasteiger partial charge in [-0.3, -0.25) is 4.40 Å². The number of benzene rings is 1. The number of aromatic nitrogens is 3. The molecule has 4 rings (SSSR count). The van der Waals surface area contributed by atoms with Crippen molar-refractivity contribution in [1.29, 1.82) is 0 Å². The molecule has 0 amide bonds. The van der Waals surface area contributed by atoms with Gasteiger partial charge in [-0.25, -0.2) is 14.4 Å². The maximum atomic E-state index is 13.1. The number of anilines is 2. The molecule has 1 aromatic carbocycles. The molecule has 0 radical (unpaired) electrons. The first-order valence-electron chi connectivity index (χ1n) is 8.00. The second-order valence-electron chi connectivity index (χ2n) is 5.94. The van der Waals surface area contributed by atoms with Crippen LogP contribution in [0.2, 0.25) is 0 Å². The van der Waals surface area contributed by atoms with Gasteiger partial charge < -0.3 is 5.32 Å². The summed E-state index contributed by atoms with van der Waals surface area (Å²) >= 11 is 4.56. The summed E-state index contributed by atoms with van der Waals surface area (Å²) in [6.07, 6.45) is -3.92. The van der Waals surface area contributed by atoms with Crippen LogP contribution >= 0.6 is 27.3 Å². The molecular formula is C18H11BrF4N4S. The molecule has 28 heavy (non-hydrogen) atoms. The average molecular weight is 471 g/mol. The topological polar surface area (TPSA) is 42.2 Å². The van der Waals surface area contributed by atoms with Gasteiger partial charge in [-0.05, 0) is 52.3 Å². The Kier molecular flexibility index (Phi) is 4.84. The third-order valence-corrected chi connectivity index (χ3v) is 5.12. The lowest BCUT2D eigenvalue weighted by molar-refractivity contribution is -0.127. The molecule has 0 unspecified atom stereocenters. The summed E-state index contributed by atoms with van der Waals surface area (Å²) in [5, 5.41) is 5.11. The van der Waals surface area contributed by atoms with E-state index in [-0.39, 0.29) is 17.3 Å². The number of hydrogen-bond acceptors (Lipinski definition) is 4. The van der Waals surface area contributed by atoms with Crippen LogP contribution in [0.3, 0.4) is 0 Å². The predicted molar refractivity (Wildman–Crippen MR) is 103 cm³/mol. The third-order valence-electron chi connectivity index (χ3n) is 3.89. The van der Waals surface area contributed by atoms with Crippen molar-refractivity contribution in [3.63, 3.8) is 0 Å². The number of fused-ring (bicyclic) bond motifs is 1. The van der Waals surface area contributed by atoms with Gasteiger partial charge in [0.05, 0.1) is 17.8 Å². The lowest BCUT2D eigenvalue weighted by Crippen LogP contribution is -2.13. The van der Waals surface area contributed by atoms with Crippen molar-refractivity contribution < 1.29 is 17.6 Å². The molecular weight excluding hydrogens is 460 g/mol. The van der Waals surface area contributed by atoms with E-state index < -0.39 is 12.6 Å². The highest BCUT2D eigenvalue weighted by Crippen LogP contribution is 2.32. The largest absolute Gasteiger partial charge is 0.394 e. The zero-order valence-corrected chi connectivity index (χ0v) is 16.4. The summed E-state index contributed by atoms with van der Waals surface area (Å²) in [7, 11) is 0. The van der Waals surface area contributed by atoms with Crippen LogP contribution in [-0.2, 0) is 6.42 Å². The Morgan fingerprint density at radius 1 is 1.07 bits per heavy atom. The quantitative estimate of drug-likeness (QED) is 0.360. The highest BCUT2D eigenvalue weighted by molar-refractivity contribution is 9.10. The van der Waals surface area contributed by atoms with Crippen molar-refractivity contribution in [3.05, 3.63) is 64.0 Å². The van der Waals surface area contributed by atoms with E-state index in [9.17, 15) is 17.6 Å². The van der Waals surface area contributed by atoms with E-state index in [0.29, 0.717) is 26.5 Å². The molecule has 10 heteroatoms. The summed E-state index contributed by atoms with van der Waals surface area (Å²) in [6, 6.07) is 9.17. The van der Waals surface area contributed by atoms with Gasteiger partial charge in [0.2, 0.25) is 0 Å². The van der Waals surface area contributed by atoms with Crippen molar-refractivity contribution in [2.45, 2.75) is 12.6 Å². The fourth-order valence-corrected chi connectivity index (χ4v) is 3.75. The lowest BCUT2D eigenvalue weighted by Gasteiger charge is -2.08. The Bertz CT molecular complexity index is 1130. The van der Waals surface area contributed by atoms with E-state index in [0.717, 1.165) is 0 Å². The number of alkyl halides is 3. The van der Waals surface area contributed by atoms with Gasteiger partial charge in [-0.15, -0.1) is 11.3 Å². The minimum Gasteiger partial charge on any atom is -0.316 e. The fraction of sp³-hybridized carbons (Fsp3) is 0.111. The maximum Gasteiger partial charge on any atom is 0.394 e. The van der Waals surface area contributed by atoms with Crippen LogP contribution in [0, 0.1) is 5.82 Å². The molecule has 0 aliphatic rings. The number of nitrogens with zero attached hydrogens (tertiary/aromatic N) is 3. The number of thiazole rings is 1. The molecule has 0 bridgehead atoms. The van der Waals surface area contributed by atoms with Crippen LogP contribution < -0.4 is 5.32 Å². The number of imidazole rings is 1. The van der Waals surface area contributed by atoms with Crippen LogP contribution in [-0.4, -0.2) is 20.5 Å². The van der Waals surface area contributed by atoms with Gasteiger partial charge in [0.1, 0.15) is 17.3 Å². The van der Waals surface area contributed by atoms with E-state index in [4.69, 9.17) is 0 Å². The molecule has 3 heterocycles. The Morgan fingerprint density at radius 2 is 1.82 bits per heavy atom. The first-order valence-corrected chi connectivity index (χ1v) is 9.67. The molecule has 0 fully saturated rings. The monoisotopic (exact) mass is 470 g/mol. The average Bonchev–Trinajstić information content (AvgIpc) is 3.20. The second-order valence-corrected chi connectivity index (χ2v) is 7.72. The molecule has 144 valence electrons. The SMILES string of the molecule is Fc1ccc(-c2csc(Nc3c(CC(F)(F)F)nc4ccc(Br)cn34)n2)cc1. The number of nitrogens with one attached hydrogen (secondary N) is 1. The lowest BCUT2D eigenvalue weighted by atomic mass is 10.2. The van der Waals surface area contributed by atoms with Crippen LogP contribution in [0.25, 0.3) is 16.9 Å². The van der Waals surface area contributed by atoms with E-state index in [1.165, 1.54) is 23.5 Å². The van der Waals surface area contributed by atoms with Gasteiger partial charge in [0, 0.05) is 21.6 Å². The Morgan fingerprint density at radius 3 is 2.54 bits per heavy atom. The smallest absolute Gasteiger partial charge is 0.316 e. The van der Waals surface area contributed by atoms with Gasteiger partial charge in [0.15, 0.2) is 5.13 Å². The molecule has 0 atom stereocenters. The minimum atomic E-state index is -4.40. The van der Waals surface area contributed by atoms with Crippen LogP contribution in [0.4, 0.5) is 28.5 Å². The molecule has 0 aliphatic heterocycles. The first kappa shape index (κ1) is 18.9. The normalized spacial score (nSPS) is 11.9.